The van der Waals surface area contributed by atoms with Gasteiger partial charge in [0.05, 0.1) is 6.10 Å². The second-order valence-electron chi connectivity index (χ2n) is 3.31. The van der Waals surface area contributed by atoms with E-state index in [2.05, 4.69) is 5.32 Å². The molecule has 0 aliphatic heterocycles. The molecule has 0 heterocycles. The van der Waals surface area contributed by atoms with Crippen molar-refractivity contribution >= 4 is 5.69 Å². The Hall–Kier alpha value is -1.23. The van der Waals surface area contributed by atoms with Crippen LogP contribution in [0.15, 0.2) is 12.1 Å². The first-order chi connectivity index (χ1) is 7.00. The molecule has 2 N–H and O–H groups in total. The molecular formula is C10H12F3NO. The van der Waals surface area contributed by atoms with Gasteiger partial charge in [-0.05, 0) is 13.3 Å². The summed E-state index contributed by atoms with van der Waals surface area (Å²) in [6.07, 6.45) is -0.194. The molecule has 0 aromatic heterocycles. The first kappa shape index (κ1) is 11.8. The van der Waals surface area contributed by atoms with Crippen molar-refractivity contribution in [2.75, 3.05) is 11.9 Å². The molecule has 1 rings (SSSR count). The minimum atomic E-state index is -0.974. The highest BCUT2D eigenvalue weighted by molar-refractivity contribution is 5.46. The molecule has 1 atom stereocenters. The van der Waals surface area contributed by atoms with Crippen molar-refractivity contribution in [1.82, 2.24) is 0 Å². The van der Waals surface area contributed by atoms with Crippen molar-refractivity contribution in [2.45, 2.75) is 19.4 Å². The lowest BCUT2D eigenvalue weighted by molar-refractivity contribution is 0.188. The number of rotatable bonds is 4. The lowest BCUT2D eigenvalue weighted by Crippen LogP contribution is -2.11. The Bertz CT molecular complexity index is 318. The summed E-state index contributed by atoms with van der Waals surface area (Å²) in [7, 11) is 0. The molecule has 0 saturated heterocycles. The maximum absolute atomic E-state index is 13.0. The normalized spacial score (nSPS) is 12.6. The highest BCUT2D eigenvalue weighted by Crippen LogP contribution is 2.19. The van der Waals surface area contributed by atoms with Crippen LogP contribution in [0, 0.1) is 17.5 Å². The highest BCUT2D eigenvalue weighted by atomic mass is 19.1. The molecule has 0 fully saturated rings. The summed E-state index contributed by atoms with van der Waals surface area (Å²) in [6.45, 7) is 1.79. The lowest BCUT2D eigenvalue weighted by Gasteiger charge is -2.09. The van der Waals surface area contributed by atoms with Crippen LogP contribution in [0.1, 0.15) is 13.3 Å². The second kappa shape index (κ2) is 5.02. The van der Waals surface area contributed by atoms with Crippen molar-refractivity contribution in [3.05, 3.63) is 29.6 Å². The van der Waals surface area contributed by atoms with E-state index in [1.807, 2.05) is 0 Å². The third-order valence-corrected chi connectivity index (χ3v) is 1.87. The summed E-state index contributed by atoms with van der Waals surface area (Å²) in [4.78, 5) is 0. The van der Waals surface area contributed by atoms with Crippen LogP contribution in [0.3, 0.4) is 0 Å². The summed E-state index contributed by atoms with van der Waals surface area (Å²) < 4.78 is 38.6. The van der Waals surface area contributed by atoms with Crippen LogP contribution >= 0.6 is 0 Å². The Balaban J connectivity index is 2.68. The lowest BCUT2D eigenvalue weighted by atomic mass is 10.2. The second-order valence-corrected chi connectivity index (χ2v) is 3.31. The molecule has 0 saturated carbocycles. The summed E-state index contributed by atoms with van der Waals surface area (Å²) in [5.41, 5.74) is -0.364. The molecule has 1 unspecified atom stereocenters. The van der Waals surface area contributed by atoms with Gasteiger partial charge in [-0.15, -0.1) is 0 Å². The molecule has 0 radical (unpaired) electrons. The van der Waals surface area contributed by atoms with Gasteiger partial charge in [-0.1, -0.05) is 0 Å². The zero-order valence-electron chi connectivity index (χ0n) is 8.23. The first-order valence-electron chi connectivity index (χ1n) is 4.57. The Labute approximate surface area is 85.7 Å². The Morgan fingerprint density at radius 3 is 2.27 bits per heavy atom. The van der Waals surface area contributed by atoms with Crippen LogP contribution in [0.2, 0.25) is 0 Å². The van der Waals surface area contributed by atoms with Crippen molar-refractivity contribution in [2.24, 2.45) is 0 Å². The zero-order valence-corrected chi connectivity index (χ0v) is 8.23. The smallest absolute Gasteiger partial charge is 0.152 e. The van der Waals surface area contributed by atoms with Gasteiger partial charge in [0.1, 0.15) is 11.5 Å². The maximum Gasteiger partial charge on any atom is 0.152 e. The maximum atomic E-state index is 13.0. The predicted molar refractivity (Wildman–Crippen MR) is 51.1 cm³/mol. The van der Waals surface area contributed by atoms with Gasteiger partial charge in [0.2, 0.25) is 0 Å². The molecule has 5 heteroatoms. The predicted octanol–water partition coefficient (Wildman–Crippen LogP) is 2.29. The fourth-order valence-corrected chi connectivity index (χ4v) is 1.12. The monoisotopic (exact) mass is 219 g/mol. The van der Waals surface area contributed by atoms with Crippen molar-refractivity contribution in [3.63, 3.8) is 0 Å². The van der Waals surface area contributed by atoms with Crippen LogP contribution in [0.4, 0.5) is 18.9 Å². The standard InChI is InChI=1S/C10H12F3NO/c1-6(15)2-3-14-10-8(12)4-7(11)5-9(10)13/h4-6,14-15H,2-3H2,1H3. The number of hydrogen-bond acceptors (Lipinski definition) is 2. The van der Waals surface area contributed by atoms with Gasteiger partial charge >= 0.3 is 0 Å². The quantitative estimate of drug-likeness (QED) is 0.814. The van der Waals surface area contributed by atoms with Crippen LogP contribution in [-0.4, -0.2) is 17.8 Å². The molecule has 0 amide bonds. The summed E-state index contributed by atoms with van der Waals surface area (Å²) in [5, 5.41) is 11.4. The van der Waals surface area contributed by atoms with E-state index in [9.17, 15) is 13.2 Å². The number of benzene rings is 1. The number of anilines is 1. The molecule has 0 aliphatic carbocycles. The van der Waals surface area contributed by atoms with Gasteiger partial charge < -0.3 is 10.4 Å². The SMILES string of the molecule is CC(O)CCNc1c(F)cc(F)cc1F. The van der Waals surface area contributed by atoms with Gasteiger partial charge in [-0.2, -0.15) is 0 Å². The molecule has 84 valence electrons. The van der Waals surface area contributed by atoms with Gasteiger partial charge in [0, 0.05) is 18.7 Å². The molecule has 0 spiro atoms. The molecule has 1 aromatic carbocycles. The Kier molecular flexibility index (Phi) is 3.96. The minimum Gasteiger partial charge on any atom is -0.393 e. The van der Waals surface area contributed by atoms with Gasteiger partial charge in [0.15, 0.2) is 11.6 Å². The number of aliphatic hydroxyl groups excluding tert-OH is 1. The molecule has 0 bridgehead atoms. The molecule has 1 aromatic rings. The van der Waals surface area contributed by atoms with E-state index >= 15 is 0 Å². The largest absolute Gasteiger partial charge is 0.393 e. The minimum absolute atomic E-state index is 0.219. The third-order valence-electron chi connectivity index (χ3n) is 1.87. The highest BCUT2D eigenvalue weighted by Gasteiger charge is 2.10. The van der Waals surface area contributed by atoms with Gasteiger partial charge in [-0.25, -0.2) is 13.2 Å². The average molecular weight is 219 g/mol. The summed E-state index contributed by atoms with van der Waals surface area (Å²) in [6, 6.07) is 1.21. The zero-order chi connectivity index (χ0) is 11.4. The van der Waals surface area contributed by atoms with E-state index in [4.69, 9.17) is 5.11 Å². The number of aliphatic hydroxyl groups is 1. The van der Waals surface area contributed by atoms with Crippen molar-refractivity contribution in [1.29, 1.82) is 0 Å². The molecule has 2 nitrogen and oxygen atoms in total. The molecular weight excluding hydrogens is 207 g/mol. The number of hydrogen-bond donors (Lipinski definition) is 2. The number of halogens is 3. The fraction of sp³-hybridized carbons (Fsp3) is 0.400. The van der Waals surface area contributed by atoms with Crippen LogP contribution in [0.25, 0.3) is 0 Å². The van der Waals surface area contributed by atoms with E-state index in [-0.39, 0.29) is 12.2 Å². The van der Waals surface area contributed by atoms with E-state index in [1.54, 1.807) is 6.92 Å². The third kappa shape index (κ3) is 3.43. The fourth-order valence-electron chi connectivity index (χ4n) is 1.12. The van der Waals surface area contributed by atoms with E-state index in [0.29, 0.717) is 18.6 Å². The van der Waals surface area contributed by atoms with Crippen LogP contribution < -0.4 is 5.32 Å². The summed E-state index contributed by atoms with van der Waals surface area (Å²) in [5.74, 6) is -2.90. The van der Waals surface area contributed by atoms with Crippen molar-refractivity contribution < 1.29 is 18.3 Å². The first-order valence-corrected chi connectivity index (χ1v) is 4.57. The molecule has 0 aliphatic rings. The van der Waals surface area contributed by atoms with Gasteiger partial charge in [0.25, 0.3) is 0 Å². The van der Waals surface area contributed by atoms with Crippen LogP contribution in [0.5, 0.6) is 0 Å². The Morgan fingerprint density at radius 2 is 1.80 bits per heavy atom. The van der Waals surface area contributed by atoms with E-state index in [1.165, 1.54) is 0 Å². The van der Waals surface area contributed by atoms with E-state index in [0.717, 1.165) is 0 Å². The van der Waals surface area contributed by atoms with Crippen molar-refractivity contribution in [3.8, 4) is 0 Å². The van der Waals surface area contributed by atoms with E-state index < -0.39 is 23.6 Å². The van der Waals surface area contributed by atoms with Gasteiger partial charge in [-0.3, -0.25) is 0 Å². The molecule has 15 heavy (non-hydrogen) atoms. The average Bonchev–Trinajstić information content (AvgIpc) is 2.08. The summed E-state index contributed by atoms with van der Waals surface area (Å²) >= 11 is 0. The van der Waals surface area contributed by atoms with Crippen LogP contribution in [-0.2, 0) is 0 Å². The Morgan fingerprint density at radius 1 is 1.27 bits per heavy atom. The number of nitrogens with one attached hydrogen (secondary N) is 1. The topological polar surface area (TPSA) is 32.3 Å².